The lowest BCUT2D eigenvalue weighted by Crippen LogP contribution is -2.36. The van der Waals surface area contributed by atoms with Gasteiger partial charge in [-0.3, -0.25) is 9.59 Å². The highest BCUT2D eigenvalue weighted by Crippen LogP contribution is 2.17. The second-order valence-electron chi connectivity index (χ2n) is 5.37. The zero-order valence-corrected chi connectivity index (χ0v) is 14.7. The van der Waals surface area contributed by atoms with Crippen molar-refractivity contribution in [2.75, 3.05) is 20.3 Å². The minimum absolute atomic E-state index is 0.0958. The summed E-state index contributed by atoms with van der Waals surface area (Å²) in [7, 11) is 1.30. The van der Waals surface area contributed by atoms with Crippen LogP contribution in [0.3, 0.4) is 0 Å². The number of benzene rings is 2. The SMILES string of the molecule is COC(=O)CN(Cc1ccccc1)C(=O)CCOc1cccc(Cl)c1. The molecule has 0 saturated heterocycles. The van der Waals surface area contributed by atoms with E-state index in [1.54, 1.807) is 24.3 Å². The highest BCUT2D eigenvalue weighted by atomic mass is 35.5. The molecule has 0 N–H and O–H groups in total. The summed E-state index contributed by atoms with van der Waals surface area (Å²) in [4.78, 5) is 25.5. The summed E-state index contributed by atoms with van der Waals surface area (Å²) in [5.41, 5.74) is 0.940. The molecule has 0 fully saturated rings. The van der Waals surface area contributed by atoms with Gasteiger partial charge in [-0.05, 0) is 23.8 Å². The smallest absolute Gasteiger partial charge is 0.325 e. The molecule has 0 bridgehead atoms. The average molecular weight is 362 g/mol. The van der Waals surface area contributed by atoms with Gasteiger partial charge in [-0.1, -0.05) is 48.0 Å². The molecule has 0 spiro atoms. The zero-order chi connectivity index (χ0) is 18.1. The molecule has 0 aliphatic rings. The van der Waals surface area contributed by atoms with Crippen LogP contribution in [0.2, 0.25) is 5.02 Å². The Bertz CT molecular complexity index is 706. The van der Waals surface area contributed by atoms with Gasteiger partial charge in [-0.15, -0.1) is 0 Å². The minimum Gasteiger partial charge on any atom is -0.493 e. The third-order valence-corrected chi connectivity index (χ3v) is 3.73. The van der Waals surface area contributed by atoms with Crippen molar-refractivity contribution < 1.29 is 19.1 Å². The Morgan fingerprint density at radius 2 is 1.84 bits per heavy atom. The highest BCUT2D eigenvalue weighted by Gasteiger charge is 2.18. The van der Waals surface area contributed by atoms with Gasteiger partial charge in [0.1, 0.15) is 12.3 Å². The number of hydrogen-bond acceptors (Lipinski definition) is 4. The van der Waals surface area contributed by atoms with Crippen molar-refractivity contribution in [3.8, 4) is 5.75 Å². The lowest BCUT2D eigenvalue weighted by Gasteiger charge is -2.21. The van der Waals surface area contributed by atoms with Crippen molar-refractivity contribution >= 4 is 23.5 Å². The van der Waals surface area contributed by atoms with E-state index in [1.807, 2.05) is 30.3 Å². The number of halogens is 1. The van der Waals surface area contributed by atoms with Crippen molar-refractivity contribution in [3.63, 3.8) is 0 Å². The van der Waals surface area contributed by atoms with Gasteiger partial charge in [-0.25, -0.2) is 0 Å². The van der Waals surface area contributed by atoms with E-state index in [1.165, 1.54) is 12.0 Å². The summed E-state index contributed by atoms with van der Waals surface area (Å²) >= 11 is 5.89. The Morgan fingerprint density at radius 3 is 2.52 bits per heavy atom. The Balaban J connectivity index is 1.93. The van der Waals surface area contributed by atoms with Gasteiger partial charge < -0.3 is 14.4 Å². The molecule has 0 atom stereocenters. The molecule has 6 heteroatoms. The van der Waals surface area contributed by atoms with E-state index in [2.05, 4.69) is 4.74 Å². The number of carbonyl (C=O) groups excluding carboxylic acids is 2. The van der Waals surface area contributed by atoms with Crippen molar-refractivity contribution in [2.24, 2.45) is 0 Å². The van der Waals surface area contributed by atoms with E-state index in [9.17, 15) is 9.59 Å². The van der Waals surface area contributed by atoms with E-state index in [4.69, 9.17) is 16.3 Å². The largest absolute Gasteiger partial charge is 0.493 e. The standard InChI is InChI=1S/C19H20ClNO4/c1-24-19(23)14-21(13-15-6-3-2-4-7-15)18(22)10-11-25-17-9-5-8-16(20)12-17/h2-9,12H,10-11,13-14H2,1H3. The second-order valence-corrected chi connectivity index (χ2v) is 5.80. The van der Waals surface area contributed by atoms with Crippen LogP contribution >= 0.6 is 11.6 Å². The number of hydrogen-bond donors (Lipinski definition) is 0. The first-order chi connectivity index (χ1) is 12.1. The molecule has 0 unspecified atom stereocenters. The maximum atomic E-state index is 12.5. The van der Waals surface area contributed by atoms with Crippen molar-refractivity contribution in [1.29, 1.82) is 0 Å². The van der Waals surface area contributed by atoms with Gasteiger partial charge in [0.05, 0.1) is 20.1 Å². The maximum absolute atomic E-state index is 12.5. The molecule has 0 aliphatic carbocycles. The van der Waals surface area contributed by atoms with Crippen LogP contribution in [0.4, 0.5) is 0 Å². The van der Waals surface area contributed by atoms with Crippen molar-refractivity contribution in [1.82, 2.24) is 4.90 Å². The van der Waals surface area contributed by atoms with Crippen molar-refractivity contribution in [2.45, 2.75) is 13.0 Å². The first-order valence-electron chi connectivity index (χ1n) is 7.85. The molecule has 0 saturated carbocycles. The fraction of sp³-hybridized carbons (Fsp3) is 0.263. The number of nitrogens with zero attached hydrogens (tertiary/aromatic N) is 1. The first kappa shape index (κ1) is 18.8. The summed E-state index contributed by atoms with van der Waals surface area (Å²) < 4.78 is 10.2. The molecular formula is C19H20ClNO4. The Hall–Kier alpha value is -2.53. The zero-order valence-electron chi connectivity index (χ0n) is 14.0. The normalized spacial score (nSPS) is 10.2. The van der Waals surface area contributed by atoms with Gasteiger partial charge in [0.15, 0.2) is 0 Å². The third kappa shape index (κ3) is 6.47. The number of amides is 1. The molecule has 25 heavy (non-hydrogen) atoms. The lowest BCUT2D eigenvalue weighted by molar-refractivity contribution is -0.147. The molecule has 2 rings (SSSR count). The van der Waals surface area contributed by atoms with Gasteiger partial charge in [0.2, 0.25) is 5.91 Å². The predicted molar refractivity (Wildman–Crippen MR) is 95.4 cm³/mol. The Labute approximate surface area is 152 Å². The number of carbonyl (C=O) groups is 2. The number of ether oxygens (including phenoxy) is 2. The number of esters is 1. The first-order valence-corrected chi connectivity index (χ1v) is 8.23. The topological polar surface area (TPSA) is 55.8 Å². The van der Waals surface area contributed by atoms with Crippen LogP contribution < -0.4 is 4.74 Å². The molecule has 2 aromatic carbocycles. The van der Waals surface area contributed by atoms with E-state index in [0.29, 0.717) is 17.3 Å². The van der Waals surface area contributed by atoms with Crippen LogP contribution in [0.25, 0.3) is 0 Å². The molecular weight excluding hydrogens is 342 g/mol. The Kier molecular flexibility index (Phi) is 7.29. The van der Waals surface area contributed by atoms with Gasteiger partial charge in [0, 0.05) is 11.6 Å². The van der Waals surface area contributed by atoms with Gasteiger partial charge in [0.25, 0.3) is 0 Å². The molecule has 0 aliphatic heterocycles. The van der Waals surface area contributed by atoms with Crippen LogP contribution in [-0.4, -0.2) is 37.0 Å². The van der Waals surface area contributed by atoms with E-state index in [0.717, 1.165) is 5.56 Å². The van der Waals surface area contributed by atoms with Crippen LogP contribution in [-0.2, 0) is 20.9 Å². The van der Waals surface area contributed by atoms with E-state index < -0.39 is 5.97 Å². The fourth-order valence-electron chi connectivity index (χ4n) is 2.23. The quantitative estimate of drug-likeness (QED) is 0.677. The van der Waals surface area contributed by atoms with E-state index >= 15 is 0 Å². The third-order valence-electron chi connectivity index (χ3n) is 3.50. The van der Waals surface area contributed by atoms with Gasteiger partial charge >= 0.3 is 5.97 Å². The molecule has 0 heterocycles. The molecule has 0 aromatic heterocycles. The lowest BCUT2D eigenvalue weighted by atomic mass is 10.2. The monoisotopic (exact) mass is 361 g/mol. The number of methoxy groups -OCH3 is 1. The average Bonchev–Trinajstić information content (AvgIpc) is 2.62. The van der Waals surface area contributed by atoms with E-state index in [-0.39, 0.29) is 25.5 Å². The van der Waals surface area contributed by atoms with Crippen LogP contribution in [0.1, 0.15) is 12.0 Å². The van der Waals surface area contributed by atoms with Crippen LogP contribution in [0.5, 0.6) is 5.75 Å². The molecule has 0 radical (unpaired) electrons. The summed E-state index contributed by atoms with van der Waals surface area (Å²) in [6, 6.07) is 16.5. The molecule has 2 aromatic rings. The maximum Gasteiger partial charge on any atom is 0.325 e. The fourth-order valence-corrected chi connectivity index (χ4v) is 2.41. The van der Waals surface area contributed by atoms with Crippen LogP contribution in [0, 0.1) is 0 Å². The van der Waals surface area contributed by atoms with Gasteiger partial charge in [-0.2, -0.15) is 0 Å². The Morgan fingerprint density at radius 1 is 1.08 bits per heavy atom. The minimum atomic E-state index is -0.458. The molecule has 5 nitrogen and oxygen atoms in total. The summed E-state index contributed by atoms with van der Waals surface area (Å²) in [6.07, 6.45) is 0.149. The summed E-state index contributed by atoms with van der Waals surface area (Å²) in [5, 5.41) is 0.570. The second kappa shape index (κ2) is 9.69. The highest BCUT2D eigenvalue weighted by molar-refractivity contribution is 6.30. The predicted octanol–water partition coefficient (Wildman–Crippen LogP) is 3.31. The molecule has 132 valence electrons. The van der Waals surface area contributed by atoms with Crippen LogP contribution in [0.15, 0.2) is 54.6 Å². The summed E-state index contributed by atoms with van der Waals surface area (Å²) in [6.45, 7) is 0.443. The molecule has 1 amide bonds. The summed E-state index contributed by atoms with van der Waals surface area (Å²) in [5.74, 6) is -0.0424. The van der Waals surface area contributed by atoms with Crippen molar-refractivity contribution in [3.05, 3.63) is 65.2 Å². The number of rotatable bonds is 8.